The second kappa shape index (κ2) is 6.94. The zero-order valence-corrected chi connectivity index (χ0v) is 13.6. The average Bonchev–Trinajstić information content (AvgIpc) is 3.03. The first-order valence-corrected chi connectivity index (χ1v) is 7.99. The lowest BCUT2D eigenvalue weighted by Gasteiger charge is -2.35. The third kappa shape index (κ3) is 3.87. The molecule has 0 unspecified atom stereocenters. The van der Waals surface area contributed by atoms with E-state index in [-0.39, 0.29) is 0 Å². The molecule has 0 aliphatic carbocycles. The molecule has 0 spiro atoms. The second-order valence-electron chi connectivity index (χ2n) is 5.64. The van der Waals surface area contributed by atoms with Crippen molar-refractivity contribution in [3.05, 3.63) is 54.0 Å². The average molecular weight is 315 g/mol. The fourth-order valence-electron chi connectivity index (χ4n) is 2.57. The van der Waals surface area contributed by atoms with E-state index in [4.69, 9.17) is 16.6 Å². The van der Waals surface area contributed by atoms with Crippen LogP contribution in [0.3, 0.4) is 0 Å². The number of aryl methyl sites for hydroxylation is 1. The highest BCUT2D eigenvalue weighted by Crippen LogP contribution is 2.12. The zero-order valence-electron chi connectivity index (χ0n) is 12.8. The van der Waals surface area contributed by atoms with E-state index in [0.717, 1.165) is 49.3 Å². The van der Waals surface area contributed by atoms with Gasteiger partial charge in [0.25, 0.3) is 0 Å². The van der Waals surface area contributed by atoms with Crippen LogP contribution in [0.2, 0.25) is 0 Å². The van der Waals surface area contributed by atoms with Crippen molar-refractivity contribution in [3.8, 4) is 0 Å². The molecule has 1 aliphatic rings. The molecule has 2 aromatic rings. The Hall–Kier alpha value is -1.85. The monoisotopic (exact) mass is 315 g/mol. The Bertz CT molecular complexity index is 601. The van der Waals surface area contributed by atoms with Crippen molar-refractivity contribution in [3.63, 3.8) is 0 Å². The minimum absolute atomic E-state index is 0.807. The Kier molecular flexibility index (Phi) is 4.75. The van der Waals surface area contributed by atoms with Crippen LogP contribution in [0.5, 0.6) is 0 Å². The summed E-state index contributed by atoms with van der Waals surface area (Å²) in [4.78, 5) is 4.62. The van der Waals surface area contributed by atoms with Crippen LogP contribution in [-0.2, 0) is 6.54 Å². The fraction of sp³-hybridized carbons (Fsp3) is 0.353. The Labute approximate surface area is 136 Å². The molecule has 2 heterocycles. The van der Waals surface area contributed by atoms with E-state index in [2.05, 4.69) is 46.3 Å². The van der Waals surface area contributed by atoms with Crippen molar-refractivity contribution in [2.75, 3.05) is 31.5 Å². The summed E-state index contributed by atoms with van der Waals surface area (Å²) in [5, 5.41) is 4.13. The van der Waals surface area contributed by atoms with Crippen LogP contribution in [0, 0.1) is 6.92 Å². The molecule has 0 amide bonds. The lowest BCUT2D eigenvalue weighted by atomic mass is 10.2. The predicted octanol–water partition coefficient (Wildman–Crippen LogP) is 3.10. The highest BCUT2D eigenvalue weighted by molar-refractivity contribution is 7.80. The highest BCUT2D eigenvalue weighted by Gasteiger charge is 2.19. The van der Waals surface area contributed by atoms with E-state index in [1.807, 2.05) is 12.1 Å². The number of thiocarbonyl (C=S) groups is 1. The molecule has 1 N–H and O–H groups in total. The summed E-state index contributed by atoms with van der Waals surface area (Å²) in [5.41, 5.74) is 2.30. The predicted molar refractivity (Wildman–Crippen MR) is 93.0 cm³/mol. The van der Waals surface area contributed by atoms with Gasteiger partial charge in [0.05, 0.1) is 12.8 Å². The van der Waals surface area contributed by atoms with E-state index in [9.17, 15) is 0 Å². The third-order valence-electron chi connectivity index (χ3n) is 3.92. The van der Waals surface area contributed by atoms with Crippen molar-refractivity contribution in [1.29, 1.82) is 0 Å². The molecule has 1 fully saturated rings. The fourth-order valence-corrected chi connectivity index (χ4v) is 2.87. The number of nitrogens with one attached hydrogen (secondary N) is 1. The summed E-state index contributed by atoms with van der Waals surface area (Å²) in [6.45, 7) is 6.84. The molecule has 3 rings (SSSR count). The standard InChI is InChI=1S/C17H21N3OS/c1-14-4-6-15(7-5-14)18-17(22)20-10-8-19(9-11-20)13-16-3-2-12-21-16/h2-7,12H,8-11,13H2,1H3,(H,18,22). The molecule has 1 saturated heterocycles. The van der Waals surface area contributed by atoms with Gasteiger partial charge in [-0.2, -0.15) is 0 Å². The van der Waals surface area contributed by atoms with Crippen LogP contribution >= 0.6 is 12.2 Å². The number of rotatable bonds is 3. The van der Waals surface area contributed by atoms with Gasteiger partial charge in [-0.05, 0) is 43.4 Å². The van der Waals surface area contributed by atoms with Crippen molar-refractivity contribution in [2.24, 2.45) is 0 Å². The minimum atomic E-state index is 0.807. The van der Waals surface area contributed by atoms with Gasteiger partial charge in [-0.1, -0.05) is 17.7 Å². The van der Waals surface area contributed by atoms with Gasteiger partial charge in [0.1, 0.15) is 5.76 Å². The molecule has 0 atom stereocenters. The van der Waals surface area contributed by atoms with Crippen LogP contribution < -0.4 is 5.32 Å². The Morgan fingerprint density at radius 2 is 1.86 bits per heavy atom. The molecular formula is C17H21N3OS. The number of anilines is 1. The summed E-state index contributed by atoms with van der Waals surface area (Å²) in [6.07, 6.45) is 1.73. The van der Waals surface area contributed by atoms with Crippen LogP contribution in [-0.4, -0.2) is 41.1 Å². The van der Waals surface area contributed by atoms with Gasteiger partial charge in [0.2, 0.25) is 0 Å². The van der Waals surface area contributed by atoms with Gasteiger partial charge in [-0.3, -0.25) is 4.90 Å². The molecule has 4 nitrogen and oxygen atoms in total. The Morgan fingerprint density at radius 3 is 2.50 bits per heavy atom. The molecular weight excluding hydrogens is 294 g/mol. The molecule has 1 aliphatic heterocycles. The number of hydrogen-bond donors (Lipinski definition) is 1. The number of furan rings is 1. The normalized spacial score (nSPS) is 15.8. The first-order valence-electron chi connectivity index (χ1n) is 7.58. The maximum Gasteiger partial charge on any atom is 0.173 e. The van der Waals surface area contributed by atoms with Crippen molar-refractivity contribution in [2.45, 2.75) is 13.5 Å². The summed E-state index contributed by atoms with van der Waals surface area (Å²) >= 11 is 5.52. The first kappa shape index (κ1) is 15.1. The number of nitrogens with zero attached hydrogens (tertiary/aromatic N) is 2. The maximum atomic E-state index is 5.52. The number of piperazine rings is 1. The summed E-state index contributed by atoms with van der Waals surface area (Å²) in [7, 11) is 0. The van der Waals surface area contributed by atoms with Crippen LogP contribution in [0.1, 0.15) is 11.3 Å². The van der Waals surface area contributed by atoms with Gasteiger partial charge in [-0.25, -0.2) is 0 Å². The highest BCUT2D eigenvalue weighted by atomic mass is 32.1. The van der Waals surface area contributed by atoms with Crippen molar-refractivity contribution >= 4 is 23.0 Å². The smallest absolute Gasteiger partial charge is 0.173 e. The van der Waals surface area contributed by atoms with Crippen LogP contribution in [0.15, 0.2) is 47.1 Å². The topological polar surface area (TPSA) is 31.6 Å². The van der Waals surface area contributed by atoms with E-state index < -0.39 is 0 Å². The van der Waals surface area contributed by atoms with E-state index in [0.29, 0.717) is 0 Å². The summed E-state index contributed by atoms with van der Waals surface area (Å²) in [5.74, 6) is 1.02. The van der Waals surface area contributed by atoms with Crippen molar-refractivity contribution in [1.82, 2.24) is 9.80 Å². The number of benzene rings is 1. The van der Waals surface area contributed by atoms with E-state index in [1.54, 1.807) is 6.26 Å². The second-order valence-corrected chi connectivity index (χ2v) is 6.03. The van der Waals surface area contributed by atoms with E-state index >= 15 is 0 Å². The SMILES string of the molecule is Cc1ccc(NC(=S)N2CCN(Cc3ccco3)CC2)cc1. The van der Waals surface area contributed by atoms with Crippen LogP contribution in [0.25, 0.3) is 0 Å². The first-order chi connectivity index (χ1) is 10.7. The molecule has 1 aromatic carbocycles. The molecule has 5 heteroatoms. The summed E-state index contributed by atoms with van der Waals surface area (Å²) in [6, 6.07) is 12.3. The van der Waals surface area contributed by atoms with Gasteiger partial charge in [-0.15, -0.1) is 0 Å². The molecule has 22 heavy (non-hydrogen) atoms. The molecule has 0 bridgehead atoms. The molecule has 116 valence electrons. The molecule has 0 saturated carbocycles. The van der Waals surface area contributed by atoms with Crippen molar-refractivity contribution < 1.29 is 4.42 Å². The quantitative estimate of drug-likeness (QED) is 0.880. The third-order valence-corrected chi connectivity index (χ3v) is 4.28. The lowest BCUT2D eigenvalue weighted by molar-refractivity contribution is 0.166. The maximum absolute atomic E-state index is 5.52. The summed E-state index contributed by atoms with van der Waals surface area (Å²) < 4.78 is 5.41. The van der Waals surface area contributed by atoms with Gasteiger partial charge in [0, 0.05) is 31.9 Å². The van der Waals surface area contributed by atoms with Crippen LogP contribution in [0.4, 0.5) is 5.69 Å². The van der Waals surface area contributed by atoms with Gasteiger partial charge < -0.3 is 14.6 Å². The van der Waals surface area contributed by atoms with E-state index in [1.165, 1.54) is 5.56 Å². The largest absolute Gasteiger partial charge is 0.468 e. The number of hydrogen-bond acceptors (Lipinski definition) is 3. The minimum Gasteiger partial charge on any atom is -0.468 e. The van der Waals surface area contributed by atoms with Gasteiger partial charge >= 0.3 is 0 Å². The zero-order chi connectivity index (χ0) is 15.4. The lowest BCUT2D eigenvalue weighted by Crippen LogP contribution is -2.49. The molecule has 1 aromatic heterocycles. The Balaban J connectivity index is 1.48. The van der Waals surface area contributed by atoms with Gasteiger partial charge in [0.15, 0.2) is 5.11 Å². The Morgan fingerprint density at radius 1 is 1.14 bits per heavy atom. The molecule has 0 radical (unpaired) electrons.